The average molecular weight is 338 g/mol. The van der Waals surface area contributed by atoms with E-state index in [1.54, 1.807) is 17.1 Å². The Morgan fingerprint density at radius 3 is 2.75 bits per heavy atom. The number of carboxylic acid groups (broad SMARTS) is 1. The van der Waals surface area contributed by atoms with E-state index in [-0.39, 0.29) is 0 Å². The van der Waals surface area contributed by atoms with Crippen LogP contribution in [0, 0.1) is 0 Å². The summed E-state index contributed by atoms with van der Waals surface area (Å²) in [5.41, 5.74) is 1.40. The number of nitrogens with zero attached hydrogens (tertiary/aromatic N) is 2. The van der Waals surface area contributed by atoms with E-state index in [0.717, 1.165) is 23.1 Å². The van der Waals surface area contributed by atoms with Crippen LogP contribution in [0.1, 0.15) is 24.9 Å². The summed E-state index contributed by atoms with van der Waals surface area (Å²) in [5, 5.41) is 16.5. The van der Waals surface area contributed by atoms with Crippen molar-refractivity contribution in [3.8, 4) is 0 Å². The van der Waals surface area contributed by atoms with Crippen molar-refractivity contribution < 1.29 is 9.90 Å². The number of aliphatic carboxylic acids is 1. The predicted molar refractivity (Wildman–Crippen MR) is 80.7 cm³/mol. The molecule has 0 amide bonds. The van der Waals surface area contributed by atoms with Gasteiger partial charge in [0.1, 0.15) is 0 Å². The summed E-state index contributed by atoms with van der Waals surface area (Å²) in [6.07, 6.45) is 4.33. The molecule has 1 aromatic carbocycles. The summed E-state index contributed by atoms with van der Waals surface area (Å²) in [4.78, 5) is 11.4. The summed E-state index contributed by atoms with van der Waals surface area (Å²) in [5.74, 6) is -0.927. The predicted octanol–water partition coefficient (Wildman–Crippen LogP) is 3.29. The van der Waals surface area contributed by atoms with Crippen molar-refractivity contribution in [3.63, 3.8) is 0 Å². The number of aromatic nitrogens is 2. The van der Waals surface area contributed by atoms with Gasteiger partial charge in [0.25, 0.3) is 0 Å². The van der Waals surface area contributed by atoms with Gasteiger partial charge in [0.15, 0.2) is 6.04 Å². The molecular formula is C14H16BrN3O2. The molecule has 0 saturated carbocycles. The van der Waals surface area contributed by atoms with Crippen molar-refractivity contribution in [1.29, 1.82) is 0 Å². The topological polar surface area (TPSA) is 67.2 Å². The van der Waals surface area contributed by atoms with Crippen molar-refractivity contribution in [2.24, 2.45) is 0 Å². The first-order valence-corrected chi connectivity index (χ1v) is 7.16. The molecule has 2 N–H and O–H groups in total. The first kappa shape index (κ1) is 14.6. The fourth-order valence-corrected chi connectivity index (χ4v) is 2.14. The monoisotopic (exact) mass is 337 g/mol. The molecule has 0 aliphatic rings. The quantitative estimate of drug-likeness (QED) is 0.848. The van der Waals surface area contributed by atoms with Gasteiger partial charge in [-0.3, -0.25) is 4.68 Å². The van der Waals surface area contributed by atoms with Crippen molar-refractivity contribution in [3.05, 3.63) is 46.7 Å². The van der Waals surface area contributed by atoms with Gasteiger partial charge in [-0.1, -0.05) is 22.9 Å². The molecule has 1 aromatic heterocycles. The molecule has 0 saturated heterocycles. The lowest BCUT2D eigenvalue weighted by Gasteiger charge is -2.14. The van der Waals surface area contributed by atoms with E-state index < -0.39 is 12.0 Å². The first-order valence-electron chi connectivity index (χ1n) is 6.37. The van der Waals surface area contributed by atoms with Crippen LogP contribution >= 0.6 is 15.9 Å². The van der Waals surface area contributed by atoms with E-state index >= 15 is 0 Å². The molecule has 0 radical (unpaired) electrons. The van der Waals surface area contributed by atoms with Gasteiger partial charge in [-0.15, -0.1) is 0 Å². The standard InChI is InChI=1S/C14H16BrN3O2/c1-2-7-18-9-10(8-16-18)13(14(19)20)17-12-5-3-11(15)4-6-12/h3-6,8-9,13,17H,2,7H2,1H3,(H,19,20). The fourth-order valence-electron chi connectivity index (χ4n) is 1.88. The number of halogens is 1. The minimum Gasteiger partial charge on any atom is -0.479 e. The zero-order chi connectivity index (χ0) is 14.5. The van der Waals surface area contributed by atoms with E-state index in [1.165, 1.54) is 0 Å². The number of nitrogens with one attached hydrogen (secondary N) is 1. The van der Waals surface area contributed by atoms with Gasteiger partial charge >= 0.3 is 5.97 Å². The second-order valence-corrected chi connectivity index (χ2v) is 5.37. The van der Waals surface area contributed by atoms with Crippen LogP contribution in [0.25, 0.3) is 0 Å². The Kier molecular flexibility index (Phi) is 4.79. The third-order valence-corrected chi connectivity index (χ3v) is 3.37. The lowest BCUT2D eigenvalue weighted by molar-refractivity contribution is -0.138. The number of carboxylic acids is 1. The second kappa shape index (κ2) is 6.56. The van der Waals surface area contributed by atoms with Gasteiger partial charge in [0.2, 0.25) is 0 Å². The van der Waals surface area contributed by atoms with Crippen LogP contribution in [0.3, 0.4) is 0 Å². The minimum atomic E-state index is -0.927. The Morgan fingerprint density at radius 1 is 1.45 bits per heavy atom. The highest BCUT2D eigenvalue weighted by molar-refractivity contribution is 9.10. The molecule has 5 nitrogen and oxygen atoms in total. The van der Waals surface area contributed by atoms with Gasteiger partial charge in [-0.05, 0) is 30.7 Å². The normalized spacial score (nSPS) is 12.1. The Labute approximate surface area is 125 Å². The maximum atomic E-state index is 11.4. The van der Waals surface area contributed by atoms with Crippen LogP contribution in [0.2, 0.25) is 0 Å². The number of aryl methyl sites for hydroxylation is 1. The molecule has 1 heterocycles. The highest BCUT2D eigenvalue weighted by Gasteiger charge is 2.21. The molecule has 106 valence electrons. The van der Waals surface area contributed by atoms with Gasteiger partial charge in [-0.25, -0.2) is 4.79 Å². The highest BCUT2D eigenvalue weighted by atomic mass is 79.9. The molecule has 1 unspecified atom stereocenters. The Bertz CT molecular complexity index is 580. The van der Waals surface area contributed by atoms with Crippen LogP contribution in [0.5, 0.6) is 0 Å². The molecular weight excluding hydrogens is 322 g/mol. The van der Waals surface area contributed by atoms with Crippen molar-refractivity contribution in [1.82, 2.24) is 9.78 Å². The number of anilines is 1. The smallest absolute Gasteiger partial charge is 0.330 e. The molecule has 20 heavy (non-hydrogen) atoms. The zero-order valence-electron chi connectivity index (χ0n) is 11.1. The van der Waals surface area contributed by atoms with Crippen LogP contribution in [0.15, 0.2) is 41.1 Å². The summed E-state index contributed by atoms with van der Waals surface area (Å²) in [7, 11) is 0. The number of hydrogen-bond acceptors (Lipinski definition) is 3. The minimum absolute atomic E-state index is 0.647. The molecule has 0 aliphatic heterocycles. The van der Waals surface area contributed by atoms with Gasteiger partial charge < -0.3 is 10.4 Å². The zero-order valence-corrected chi connectivity index (χ0v) is 12.7. The van der Waals surface area contributed by atoms with E-state index in [4.69, 9.17) is 0 Å². The molecule has 0 fully saturated rings. The molecule has 1 atom stereocenters. The average Bonchev–Trinajstić information content (AvgIpc) is 2.86. The van der Waals surface area contributed by atoms with Gasteiger partial charge in [0, 0.05) is 28.5 Å². The van der Waals surface area contributed by atoms with Crippen LogP contribution in [0.4, 0.5) is 5.69 Å². The summed E-state index contributed by atoms with van der Waals surface area (Å²) in [6, 6.07) is 6.58. The molecule has 6 heteroatoms. The second-order valence-electron chi connectivity index (χ2n) is 4.46. The Morgan fingerprint density at radius 2 is 2.15 bits per heavy atom. The van der Waals surface area contributed by atoms with Gasteiger partial charge in [0.05, 0.1) is 6.20 Å². The van der Waals surface area contributed by atoms with Crippen LogP contribution in [-0.2, 0) is 11.3 Å². The highest BCUT2D eigenvalue weighted by Crippen LogP contribution is 2.21. The maximum absolute atomic E-state index is 11.4. The van der Waals surface area contributed by atoms with Crippen LogP contribution in [-0.4, -0.2) is 20.9 Å². The summed E-state index contributed by atoms with van der Waals surface area (Å²) < 4.78 is 2.71. The Hall–Kier alpha value is -1.82. The van der Waals surface area contributed by atoms with E-state index in [1.807, 2.05) is 24.3 Å². The molecule has 0 spiro atoms. The first-order chi connectivity index (χ1) is 9.60. The molecule has 2 rings (SSSR count). The lowest BCUT2D eigenvalue weighted by atomic mass is 10.1. The molecule has 0 bridgehead atoms. The SMILES string of the molecule is CCCn1cc(C(Nc2ccc(Br)cc2)C(=O)O)cn1. The van der Waals surface area contributed by atoms with E-state index in [2.05, 4.69) is 33.3 Å². The lowest BCUT2D eigenvalue weighted by Crippen LogP contribution is -2.20. The fraction of sp³-hybridized carbons (Fsp3) is 0.286. The van der Waals surface area contributed by atoms with Crippen molar-refractivity contribution >= 4 is 27.6 Å². The third kappa shape index (κ3) is 3.60. The molecule has 0 aliphatic carbocycles. The van der Waals surface area contributed by atoms with Gasteiger partial charge in [-0.2, -0.15) is 5.10 Å². The summed E-state index contributed by atoms with van der Waals surface area (Å²) >= 11 is 3.35. The number of rotatable bonds is 6. The number of benzene rings is 1. The van der Waals surface area contributed by atoms with E-state index in [0.29, 0.717) is 5.56 Å². The van der Waals surface area contributed by atoms with Crippen molar-refractivity contribution in [2.45, 2.75) is 25.9 Å². The maximum Gasteiger partial charge on any atom is 0.330 e. The third-order valence-electron chi connectivity index (χ3n) is 2.84. The van der Waals surface area contributed by atoms with Crippen molar-refractivity contribution in [2.75, 3.05) is 5.32 Å². The largest absolute Gasteiger partial charge is 0.479 e. The van der Waals surface area contributed by atoms with E-state index in [9.17, 15) is 9.90 Å². The number of hydrogen-bond donors (Lipinski definition) is 2. The molecule has 2 aromatic rings. The Balaban J connectivity index is 2.17. The number of carbonyl (C=O) groups is 1. The summed E-state index contributed by atoms with van der Waals surface area (Å²) in [6.45, 7) is 2.83. The van der Waals surface area contributed by atoms with Crippen LogP contribution < -0.4 is 5.32 Å².